The molecule has 0 aromatic rings. The standard InChI is InChI=1S/C13H24N2O2/c1-11-4-6-15(7-5-11)13(16)10-14-9-12-3-2-8-17-12/h11-12,14H,2-10H2,1H3. The first kappa shape index (κ1) is 12.8. The zero-order valence-electron chi connectivity index (χ0n) is 10.8. The third-order valence-electron chi connectivity index (χ3n) is 3.81. The lowest BCUT2D eigenvalue weighted by Crippen LogP contribution is -2.43. The molecule has 0 aromatic carbocycles. The molecule has 2 aliphatic rings. The van der Waals surface area contributed by atoms with Crippen LogP contribution in [0.25, 0.3) is 0 Å². The Bertz CT molecular complexity index is 244. The molecule has 2 heterocycles. The predicted molar refractivity (Wildman–Crippen MR) is 66.8 cm³/mol. The van der Waals surface area contributed by atoms with Gasteiger partial charge in [0.25, 0.3) is 0 Å². The quantitative estimate of drug-likeness (QED) is 0.797. The van der Waals surface area contributed by atoms with Crippen LogP contribution in [0.4, 0.5) is 0 Å². The van der Waals surface area contributed by atoms with E-state index in [9.17, 15) is 4.79 Å². The largest absolute Gasteiger partial charge is 0.377 e. The van der Waals surface area contributed by atoms with E-state index in [4.69, 9.17) is 4.74 Å². The van der Waals surface area contributed by atoms with E-state index in [2.05, 4.69) is 12.2 Å². The molecule has 0 saturated carbocycles. The summed E-state index contributed by atoms with van der Waals surface area (Å²) in [6, 6.07) is 0. The summed E-state index contributed by atoms with van der Waals surface area (Å²) < 4.78 is 5.51. The van der Waals surface area contributed by atoms with Gasteiger partial charge in [-0.2, -0.15) is 0 Å². The minimum Gasteiger partial charge on any atom is -0.377 e. The van der Waals surface area contributed by atoms with E-state index >= 15 is 0 Å². The van der Waals surface area contributed by atoms with Crippen molar-refractivity contribution < 1.29 is 9.53 Å². The summed E-state index contributed by atoms with van der Waals surface area (Å²) in [5, 5.41) is 3.22. The van der Waals surface area contributed by atoms with Crippen LogP contribution in [0, 0.1) is 5.92 Å². The Morgan fingerprint density at radius 1 is 1.35 bits per heavy atom. The molecule has 1 N–H and O–H groups in total. The zero-order chi connectivity index (χ0) is 12.1. The predicted octanol–water partition coefficient (Wildman–Crippen LogP) is 1.01. The SMILES string of the molecule is CC1CCN(C(=O)CNCC2CCCO2)CC1. The van der Waals surface area contributed by atoms with Crippen molar-refractivity contribution in [3.63, 3.8) is 0 Å². The summed E-state index contributed by atoms with van der Waals surface area (Å²) >= 11 is 0. The molecule has 98 valence electrons. The van der Waals surface area contributed by atoms with Crippen LogP contribution in [-0.4, -0.2) is 49.7 Å². The highest BCUT2D eigenvalue weighted by Crippen LogP contribution is 2.15. The molecule has 2 rings (SSSR count). The molecule has 1 atom stereocenters. The molecule has 2 saturated heterocycles. The highest BCUT2D eigenvalue weighted by Gasteiger charge is 2.20. The van der Waals surface area contributed by atoms with Gasteiger partial charge in [-0.25, -0.2) is 0 Å². The van der Waals surface area contributed by atoms with Gasteiger partial charge in [0.15, 0.2) is 0 Å². The summed E-state index contributed by atoms with van der Waals surface area (Å²) in [6.45, 7) is 6.29. The molecule has 0 spiro atoms. The van der Waals surface area contributed by atoms with Crippen molar-refractivity contribution in [3.05, 3.63) is 0 Å². The number of carbonyl (C=O) groups is 1. The minimum atomic E-state index is 0.245. The Balaban J connectivity index is 1.60. The van der Waals surface area contributed by atoms with Gasteiger partial charge in [-0.05, 0) is 31.6 Å². The lowest BCUT2D eigenvalue weighted by Gasteiger charge is -2.30. The first-order valence-electron chi connectivity index (χ1n) is 6.86. The fourth-order valence-electron chi connectivity index (χ4n) is 2.52. The Labute approximate surface area is 104 Å². The number of hydrogen-bond acceptors (Lipinski definition) is 3. The molecule has 0 aliphatic carbocycles. The van der Waals surface area contributed by atoms with E-state index in [0.717, 1.165) is 57.8 Å². The number of nitrogens with zero attached hydrogens (tertiary/aromatic N) is 1. The second-order valence-corrected chi connectivity index (χ2v) is 5.33. The van der Waals surface area contributed by atoms with Crippen LogP contribution in [0.5, 0.6) is 0 Å². The number of carbonyl (C=O) groups excluding carboxylic acids is 1. The molecule has 4 nitrogen and oxygen atoms in total. The third kappa shape index (κ3) is 3.96. The third-order valence-corrected chi connectivity index (χ3v) is 3.81. The Kier molecular flexibility index (Phi) is 4.80. The Hall–Kier alpha value is -0.610. The molecule has 0 radical (unpaired) electrons. The molecule has 17 heavy (non-hydrogen) atoms. The second kappa shape index (κ2) is 6.36. The maximum atomic E-state index is 11.9. The molecular weight excluding hydrogens is 216 g/mol. The van der Waals surface area contributed by atoms with Gasteiger partial charge >= 0.3 is 0 Å². The Morgan fingerprint density at radius 3 is 2.76 bits per heavy atom. The maximum absolute atomic E-state index is 11.9. The summed E-state index contributed by atoms with van der Waals surface area (Å²) in [7, 11) is 0. The average molecular weight is 240 g/mol. The van der Waals surface area contributed by atoms with E-state index in [0.29, 0.717) is 12.6 Å². The van der Waals surface area contributed by atoms with Gasteiger partial charge in [0.2, 0.25) is 5.91 Å². The summed E-state index contributed by atoms with van der Waals surface area (Å²) in [6.07, 6.45) is 4.91. The number of nitrogens with one attached hydrogen (secondary N) is 1. The van der Waals surface area contributed by atoms with Crippen molar-refractivity contribution in [2.45, 2.75) is 38.7 Å². The molecule has 2 aliphatic heterocycles. The van der Waals surface area contributed by atoms with Crippen molar-refractivity contribution in [2.24, 2.45) is 5.92 Å². The van der Waals surface area contributed by atoms with Gasteiger partial charge in [0, 0.05) is 26.2 Å². The number of amides is 1. The molecule has 1 amide bonds. The molecule has 4 heteroatoms. The number of hydrogen-bond donors (Lipinski definition) is 1. The highest BCUT2D eigenvalue weighted by molar-refractivity contribution is 5.78. The van der Waals surface area contributed by atoms with Crippen LogP contribution in [0.1, 0.15) is 32.6 Å². The number of ether oxygens (including phenoxy) is 1. The summed E-state index contributed by atoms with van der Waals surface area (Å²) in [5.41, 5.74) is 0. The van der Waals surface area contributed by atoms with Gasteiger partial charge < -0.3 is 15.0 Å². The van der Waals surface area contributed by atoms with E-state index in [1.807, 2.05) is 4.90 Å². The van der Waals surface area contributed by atoms with Crippen molar-refractivity contribution in [1.29, 1.82) is 0 Å². The number of rotatable bonds is 4. The van der Waals surface area contributed by atoms with E-state index in [1.165, 1.54) is 0 Å². The zero-order valence-corrected chi connectivity index (χ0v) is 10.8. The normalized spacial score (nSPS) is 26.4. The molecule has 0 bridgehead atoms. The molecule has 1 unspecified atom stereocenters. The van der Waals surface area contributed by atoms with Gasteiger partial charge in [0.1, 0.15) is 0 Å². The maximum Gasteiger partial charge on any atom is 0.236 e. The second-order valence-electron chi connectivity index (χ2n) is 5.33. The highest BCUT2D eigenvalue weighted by atomic mass is 16.5. The summed E-state index contributed by atoms with van der Waals surface area (Å²) in [5.74, 6) is 1.02. The fraction of sp³-hybridized carbons (Fsp3) is 0.923. The first-order chi connectivity index (χ1) is 8.25. The van der Waals surface area contributed by atoms with Crippen molar-refractivity contribution in [2.75, 3.05) is 32.8 Å². The van der Waals surface area contributed by atoms with E-state index in [1.54, 1.807) is 0 Å². The van der Waals surface area contributed by atoms with Crippen molar-refractivity contribution >= 4 is 5.91 Å². The van der Waals surface area contributed by atoms with E-state index in [-0.39, 0.29) is 5.91 Å². The number of likely N-dealkylation sites (tertiary alicyclic amines) is 1. The molecular formula is C13H24N2O2. The lowest BCUT2D eigenvalue weighted by molar-refractivity contribution is -0.131. The summed E-state index contributed by atoms with van der Waals surface area (Å²) in [4.78, 5) is 13.9. The van der Waals surface area contributed by atoms with Crippen molar-refractivity contribution in [3.8, 4) is 0 Å². The van der Waals surface area contributed by atoms with Crippen LogP contribution in [0.15, 0.2) is 0 Å². The van der Waals surface area contributed by atoms with Gasteiger partial charge in [-0.3, -0.25) is 4.79 Å². The molecule has 0 aromatic heterocycles. The topological polar surface area (TPSA) is 41.6 Å². The minimum absolute atomic E-state index is 0.245. The van der Waals surface area contributed by atoms with Gasteiger partial charge in [0.05, 0.1) is 12.6 Å². The lowest BCUT2D eigenvalue weighted by atomic mass is 9.99. The Morgan fingerprint density at radius 2 is 2.12 bits per heavy atom. The fourth-order valence-corrected chi connectivity index (χ4v) is 2.52. The first-order valence-corrected chi connectivity index (χ1v) is 6.86. The molecule has 2 fully saturated rings. The van der Waals surface area contributed by atoms with Crippen LogP contribution in [0.3, 0.4) is 0 Å². The average Bonchev–Trinajstić information content (AvgIpc) is 2.83. The number of piperidine rings is 1. The van der Waals surface area contributed by atoms with E-state index < -0.39 is 0 Å². The van der Waals surface area contributed by atoms with Crippen LogP contribution >= 0.6 is 0 Å². The van der Waals surface area contributed by atoms with Crippen molar-refractivity contribution in [1.82, 2.24) is 10.2 Å². The van der Waals surface area contributed by atoms with Gasteiger partial charge in [-0.1, -0.05) is 6.92 Å². The van der Waals surface area contributed by atoms with Crippen LogP contribution < -0.4 is 5.32 Å². The van der Waals surface area contributed by atoms with Gasteiger partial charge in [-0.15, -0.1) is 0 Å². The van der Waals surface area contributed by atoms with Crippen LogP contribution in [-0.2, 0) is 9.53 Å². The smallest absolute Gasteiger partial charge is 0.236 e. The monoisotopic (exact) mass is 240 g/mol. The van der Waals surface area contributed by atoms with Crippen LogP contribution in [0.2, 0.25) is 0 Å².